The Kier molecular flexibility index (Phi) is 8.79. The standard InChI is InChI=1S/C27H27ClN6O2/c1-5-18-6-12-23(22(16-18)27(36)32-24-13-11-21(28)17-30-24)31-26(35)20-9-7-19(8-10-20)25(29)34(4)15-14-33(2)3/h1,6-13,16-17,29H,14-15H2,2-4H3,(H,31,35)(H,30,32,36). The lowest BCUT2D eigenvalue weighted by Gasteiger charge is -2.22. The second kappa shape index (κ2) is 12.0. The van der Waals surface area contributed by atoms with E-state index in [0.717, 1.165) is 6.54 Å². The minimum Gasteiger partial charge on any atom is -0.358 e. The molecular weight excluding hydrogens is 476 g/mol. The Hall–Kier alpha value is -4.19. The molecule has 0 atom stereocenters. The molecule has 0 aliphatic heterocycles. The van der Waals surface area contributed by atoms with Gasteiger partial charge in [-0.25, -0.2) is 4.98 Å². The zero-order valence-corrected chi connectivity index (χ0v) is 21.1. The van der Waals surface area contributed by atoms with Gasteiger partial charge in [0, 0.05) is 43.0 Å². The predicted molar refractivity (Wildman–Crippen MR) is 144 cm³/mol. The lowest BCUT2D eigenvalue weighted by atomic mass is 10.1. The van der Waals surface area contributed by atoms with Crippen molar-refractivity contribution in [1.82, 2.24) is 14.8 Å². The van der Waals surface area contributed by atoms with Gasteiger partial charge in [-0.1, -0.05) is 29.7 Å². The third kappa shape index (κ3) is 6.92. The molecule has 1 aromatic heterocycles. The number of rotatable bonds is 8. The number of terminal acetylenes is 1. The van der Waals surface area contributed by atoms with Crippen LogP contribution in [-0.2, 0) is 0 Å². The Balaban J connectivity index is 1.75. The monoisotopic (exact) mass is 502 g/mol. The number of nitrogens with one attached hydrogen (secondary N) is 3. The summed E-state index contributed by atoms with van der Waals surface area (Å²) in [5.41, 5.74) is 2.06. The van der Waals surface area contributed by atoms with E-state index in [1.807, 2.05) is 30.9 Å². The first kappa shape index (κ1) is 26.4. The largest absolute Gasteiger partial charge is 0.358 e. The van der Waals surface area contributed by atoms with Crippen molar-refractivity contribution in [3.8, 4) is 12.3 Å². The molecule has 184 valence electrons. The van der Waals surface area contributed by atoms with Crippen LogP contribution in [0.3, 0.4) is 0 Å². The minimum atomic E-state index is -0.484. The van der Waals surface area contributed by atoms with E-state index in [4.69, 9.17) is 23.4 Å². The zero-order valence-electron chi connectivity index (χ0n) is 20.3. The molecule has 0 aliphatic carbocycles. The van der Waals surface area contributed by atoms with E-state index in [0.29, 0.717) is 45.6 Å². The summed E-state index contributed by atoms with van der Waals surface area (Å²) in [6.07, 6.45) is 6.92. The highest BCUT2D eigenvalue weighted by atomic mass is 35.5. The van der Waals surface area contributed by atoms with Crippen molar-refractivity contribution in [2.24, 2.45) is 0 Å². The molecule has 0 unspecified atom stereocenters. The summed E-state index contributed by atoms with van der Waals surface area (Å²) in [6.45, 7) is 1.53. The van der Waals surface area contributed by atoms with Gasteiger partial charge in [0.05, 0.1) is 16.3 Å². The average Bonchev–Trinajstić information content (AvgIpc) is 2.88. The first-order valence-corrected chi connectivity index (χ1v) is 11.5. The summed E-state index contributed by atoms with van der Waals surface area (Å²) in [6, 6.07) is 14.7. The first-order chi connectivity index (χ1) is 17.2. The highest BCUT2D eigenvalue weighted by Crippen LogP contribution is 2.21. The molecule has 0 saturated heterocycles. The minimum absolute atomic E-state index is 0.191. The van der Waals surface area contributed by atoms with Crippen LogP contribution < -0.4 is 10.6 Å². The summed E-state index contributed by atoms with van der Waals surface area (Å²) in [5, 5.41) is 14.3. The molecule has 9 heteroatoms. The Morgan fingerprint density at radius 2 is 1.67 bits per heavy atom. The second-order valence-electron chi connectivity index (χ2n) is 8.33. The van der Waals surface area contributed by atoms with E-state index < -0.39 is 11.8 Å². The maximum Gasteiger partial charge on any atom is 0.258 e. The van der Waals surface area contributed by atoms with Crippen molar-refractivity contribution in [2.45, 2.75) is 0 Å². The van der Waals surface area contributed by atoms with Crippen molar-refractivity contribution < 1.29 is 9.59 Å². The number of pyridine rings is 1. The lowest BCUT2D eigenvalue weighted by molar-refractivity contribution is 0.102. The van der Waals surface area contributed by atoms with E-state index in [9.17, 15) is 9.59 Å². The summed E-state index contributed by atoms with van der Waals surface area (Å²) in [7, 11) is 5.82. The van der Waals surface area contributed by atoms with Crippen LogP contribution in [0.5, 0.6) is 0 Å². The number of benzene rings is 2. The van der Waals surface area contributed by atoms with Crippen LogP contribution in [-0.4, -0.2) is 66.7 Å². The summed E-state index contributed by atoms with van der Waals surface area (Å²) < 4.78 is 0. The third-order valence-corrected chi connectivity index (χ3v) is 5.56. The van der Waals surface area contributed by atoms with Crippen LogP contribution in [0.4, 0.5) is 11.5 Å². The number of carbonyl (C=O) groups excluding carboxylic acids is 2. The number of nitrogens with zero attached hydrogens (tertiary/aromatic N) is 3. The number of amidine groups is 1. The summed E-state index contributed by atoms with van der Waals surface area (Å²) >= 11 is 5.85. The number of hydrogen-bond acceptors (Lipinski definition) is 5. The van der Waals surface area contributed by atoms with Gasteiger partial charge < -0.3 is 20.4 Å². The molecule has 3 N–H and O–H groups in total. The third-order valence-electron chi connectivity index (χ3n) is 5.33. The molecule has 0 fully saturated rings. The molecule has 8 nitrogen and oxygen atoms in total. The van der Waals surface area contributed by atoms with Crippen LogP contribution in [0, 0.1) is 17.8 Å². The first-order valence-electron chi connectivity index (χ1n) is 11.1. The van der Waals surface area contributed by atoms with Gasteiger partial charge in [-0.05, 0) is 56.6 Å². The van der Waals surface area contributed by atoms with Crippen molar-refractivity contribution in [3.63, 3.8) is 0 Å². The number of carbonyl (C=O) groups is 2. The number of hydrogen-bond donors (Lipinski definition) is 3. The molecule has 0 bridgehead atoms. The van der Waals surface area contributed by atoms with Gasteiger partial charge in [-0.15, -0.1) is 6.42 Å². The van der Waals surface area contributed by atoms with Crippen LogP contribution in [0.25, 0.3) is 0 Å². The molecule has 3 rings (SSSR count). The number of likely N-dealkylation sites (N-methyl/N-ethyl adjacent to an activating group) is 2. The molecular formula is C27H27ClN6O2. The zero-order chi connectivity index (χ0) is 26.2. The molecule has 0 aliphatic rings. The molecule has 0 saturated carbocycles. The van der Waals surface area contributed by atoms with Gasteiger partial charge in [0.25, 0.3) is 11.8 Å². The molecule has 2 aromatic carbocycles. The highest BCUT2D eigenvalue weighted by Gasteiger charge is 2.17. The van der Waals surface area contributed by atoms with Gasteiger partial charge >= 0.3 is 0 Å². The second-order valence-corrected chi connectivity index (χ2v) is 8.76. The van der Waals surface area contributed by atoms with Crippen LogP contribution >= 0.6 is 11.6 Å². The number of aromatic nitrogens is 1. The van der Waals surface area contributed by atoms with Gasteiger partial charge in [-0.3, -0.25) is 15.0 Å². The molecule has 0 radical (unpaired) electrons. The van der Waals surface area contributed by atoms with E-state index >= 15 is 0 Å². The maximum atomic E-state index is 13.0. The summed E-state index contributed by atoms with van der Waals surface area (Å²) in [5.74, 6) is 2.28. The molecule has 36 heavy (non-hydrogen) atoms. The van der Waals surface area contributed by atoms with E-state index in [1.165, 1.54) is 12.3 Å². The van der Waals surface area contributed by atoms with Gasteiger partial charge in [0.2, 0.25) is 0 Å². The number of amides is 2. The molecule has 2 amide bonds. The lowest BCUT2D eigenvalue weighted by Crippen LogP contribution is -2.33. The SMILES string of the molecule is C#Cc1ccc(NC(=O)c2ccc(C(=N)N(C)CCN(C)C)cc2)c(C(=O)Nc2ccc(Cl)cn2)c1. The van der Waals surface area contributed by atoms with Crippen molar-refractivity contribution in [3.05, 3.63) is 88.1 Å². The van der Waals surface area contributed by atoms with Gasteiger partial charge in [0.1, 0.15) is 11.7 Å². The maximum absolute atomic E-state index is 13.0. The molecule has 0 spiro atoms. The fraction of sp³-hybridized carbons (Fsp3) is 0.185. The molecule has 1 heterocycles. The number of halogens is 1. The van der Waals surface area contributed by atoms with Crippen molar-refractivity contribution >= 4 is 40.8 Å². The fourth-order valence-electron chi connectivity index (χ4n) is 3.22. The summed E-state index contributed by atoms with van der Waals surface area (Å²) in [4.78, 5) is 33.9. The van der Waals surface area contributed by atoms with Crippen LogP contribution in [0.15, 0.2) is 60.8 Å². The highest BCUT2D eigenvalue weighted by molar-refractivity contribution is 6.30. The quantitative estimate of drug-likeness (QED) is 0.245. The van der Waals surface area contributed by atoms with E-state index in [2.05, 4.69) is 21.5 Å². The molecule has 3 aromatic rings. The van der Waals surface area contributed by atoms with E-state index in [1.54, 1.807) is 48.5 Å². The Morgan fingerprint density at radius 1 is 0.972 bits per heavy atom. The van der Waals surface area contributed by atoms with Crippen molar-refractivity contribution in [2.75, 3.05) is 44.9 Å². The van der Waals surface area contributed by atoms with Crippen molar-refractivity contribution in [1.29, 1.82) is 5.41 Å². The van der Waals surface area contributed by atoms with Crippen LogP contribution in [0.1, 0.15) is 31.8 Å². The number of anilines is 2. The smallest absolute Gasteiger partial charge is 0.258 e. The van der Waals surface area contributed by atoms with E-state index in [-0.39, 0.29) is 5.56 Å². The Morgan fingerprint density at radius 3 is 2.28 bits per heavy atom. The van der Waals surface area contributed by atoms with Gasteiger partial charge in [-0.2, -0.15) is 0 Å². The average molecular weight is 503 g/mol. The van der Waals surface area contributed by atoms with Crippen LogP contribution in [0.2, 0.25) is 5.02 Å². The predicted octanol–water partition coefficient (Wildman–Crippen LogP) is 4.04. The fourth-order valence-corrected chi connectivity index (χ4v) is 3.33. The topological polar surface area (TPSA) is 101 Å². The normalized spacial score (nSPS) is 10.4. The van der Waals surface area contributed by atoms with Gasteiger partial charge in [0.15, 0.2) is 0 Å². The Bertz CT molecular complexity index is 1300. The Labute approximate surface area is 215 Å².